The molecule has 1 aliphatic rings. The van der Waals surface area contributed by atoms with E-state index in [-0.39, 0.29) is 23.6 Å². The molecule has 0 saturated carbocycles. The number of nitrogens with zero attached hydrogens (tertiary/aromatic N) is 3. The third-order valence-corrected chi connectivity index (χ3v) is 5.44. The first-order chi connectivity index (χ1) is 16.2. The van der Waals surface area contributed by atoms with Crippen molar-refractivity contribution in [1.29, 1.82) is 0 Å². The quantitative estimate of drug-likeness (QED) is 0.143. The van der Waals surface area contributed by atoms with Gasteiger partial charge in [-0.15, -0.1) is 0 Å². The van der Waals surface area contributed by atoms with Crippen LogP contribution in [0.5, 0.6) is 5.75 Å². The zero-order valence-corrected chi connectivity index (χ0v) is 19.1. The van der Waals surface area contributed by atoms with Crippen molar-refractivity contribution < 1.29 is 24.4 Å². The van der Waals surface area contributed by atoms with E-state index < -0.39 is 22.7 Å². The summed E-state index contributed by atoms with van der Waals surface area (Å²) >= 11 is 0. The van der Waals surface area contributed by atoms with Crippen LogP contribution in [0.1, 0.15) is 23.6 Å². The summed E-state index contributed by atoms with van der Waals surface area (Å²) in [5.41, 5.74) is 0.439. The SMILES string of the molecule is C=CCOc1ccc(C(O)=C2C(=O)C(=O)N(CCCN(C)C)[C@@H]2c2cccc([N+](=O)[O-])c2)cc1. The number of aliphatic hydroxyl groups excluding tert-OH is 1. The van der Waals surface area contributed by atoms with Crippen LogP contribution >= 0.6 is 0 Å². The number of carbonyl (C=O) groups excluding carboxylic acids is 2. The molecule has 3 rings (SSSR count). The van der Waals surface area contributed by atoms with Crippen LogP contribution in [0.2, 0.25) is 0 Å². The fourth-order valence-corrected chi connectivity index (χ4v) is 3.84. The lowest BCUT2D eigenvalue weighted by molar-refractivity contribution is -0.384. The first-order valence-electron chi connectivity index (χ1n) is 10.8. The Morgan fingerprint density at radius 1 is 1.24 bits per heavy atom. The Bertz CT molecular complexity index is 1120. The van der Waals surface area contributed by atoms with Crippen molar-refractivity contribution in [1.82, 2.24) is 9.80 Å². The lowest BCUT2D eigenvalue weighted by Gasteiger charge is -2.25. The summed E-state index contributed by atoms with van der Waals surface area (Å²) in [6.45, 7) is 4.83. The lowest BCUT2D eigenvalue weighted by atomic mass is 9.95. The molecule has 0 aromatic heterocycles. The molecule has 34 heavy (non-hydrogen) atoms. The molecule has 1 aliphatic heterocycles. The van der Waals surface area contributed by atoms with Gasteiger partial charge < -0.3 is 19.6 Å². The largest absolute Gasteiger partial charge is 0.507 e. The van der Waals surface area contributed by atoms with Crippen LogP contribution in [0.15, 0.2) is 66.8 Å². The van der Waals surface area contributed by atoms with Crippen molar-refractivity contribution in [2.45, 2.75) is 12.5 Å². The standard InChI is InChI=1S/C25H27N3O6/c1-4-15-34-20-11-9-17(10-12-20)23(29)21-22(18-7-5-8-19(16-18)28(32)33)27(25(31)24(21)30)14-6-13-26(2)3/h4-5,7-12,16,22,29H,1,6,13-15H2,2-3H3/t22-/m1/s1. The highest BCUT2D eigenvalue weighted by molar-refractivity contribution is 6.46. The molecule has 0 bridgehead atoms. The number of Topliss-reactive ketones (excluding diaryl/α,β-unsaturated/α-hetero) is 1. The summed E-state index contributed by atoms with van der Waals surface area (Å²) in [4.78, 5) is 40.1. The number of non-ortho nitro benzene ring substituents is 1. The third kappa shape index (κ3) is 5.32. The fraction of sp³-hybridized carbons (Fsp3) is 0.280. The summed E-state index contributed by atoms with van der Waals surface area (Å²) in [6.07, 6.45) is 2.19. The van der Waals surface area contributed by atoms with Gasteiger partial charge in [0.1, 0.15) is 18.1 Å². The molecule has 9 nitrogen and oxygen atoms in total. The van der Waals surface area contributed by atoms with Gasteiger partial charge in [0.05, 0.1) is 16.5 Å². The summed E-state index contributed by atoms with van der Waals surface area (Å²) in [6, 6.07) is 11.3. The molecule has 1 N–H and O–H groups in total. The Kier molecular flexibility index (Phi) is 7.80. The highest BCUT2D eigenvalue weighted by Crippen LogP contribution is 2.40. The van der Waals surface area contributed by atoms with Crippen LogP contribution in [-0.2, 0) is 9.59 Å². The molecule has 1 heterocycles. The van der Waals surface area contributed by atoms with Crippen LogP contribution in [0, 0.1) is 10.1 Å². The number of benzene rings is 2. The molecule has 178 valence electrons. The van der Waals surface area contributed by atoms with E-state index in [1.165, 1.54) is 23.1 Å². The highest BCUT2D eigenvalue weighted by atomic mass is 16.6. The minimum absolute atomic E-state index is 0.102. The van der Waals surface area contributed by atoms with Gasteiger partial charge >= 0.3 is 0 Å². The Morgan fingerprint density at radius 2 is 1.94 bits per heavy atom. The van der Waals surface area contributed by atoms with Gasteiger partial charge in [-0.25, -0.2) is 0 Å². The molecule has 0 aliphatic carbocycles. The molecular weight excluding hydrogens is 438 g/mol. The van der Waals surface area contributed by atoms with Gasteiger partial charge in [-0.05, 0) is 56.9 Å². The van der Waals surface area contributed by atoms with Gasteiger partial charge in [0.25, 0.3) is 17.4 Å². The predicted octanol–water partition coefficient (Wildman–Crippen LogP) is 3.53. The van der Waals surface area contributed by atoms with Crippen molar-refractivity contribution in [3.8, 4) is 5.75 Å². The maximum atomic E-state index is 13.0. The first-order valence-corrected chi connectivity index (χ1v) is 10.8. The number of rotatable bonds is 10. The number of hydrogen-bond donors (Lipinski definition) is 1. The molecular formula is C25H27N3O6. The number of nitro groups is 1. The molecule has 2 aromatic rings. The van der Waals surface area contributed by atoms with E-state index in [0.717, 1.165) is 0 Å². The van der Waals surface area contributed by atoms with Crippen LogP contribution in [-0.4, -0.2) is 65.3 Å². The molecule has 9 heteroatoms. The van der Waals surface area contributed by atoms with E-state index in [9.17, 15) is 24.8 Å². The van der Waals surface area contributed by atoms with Crippen molar-refractivity contribution in [3.05, 3.63) is 88.0 Å². The number of carbonyl (C=O) groups is 2. The molecule has 0 unspecified atom stereocenters. The topological polar surface area (TPSA) is 113 Å². The third-order valence-electron chi connectivity index (χ3n) is 5.44. The maximum absolute atomic E-state index is 13.0. The fourth-order valence-electron chi connectivity index (χ4n) is 3.84. The van der Waals surface area contributed by atoms with E-state index in [1.807, 2.05) is 19.0 Å². The van der Waals surface area contributed by atoms with E-state index >= 15 is 0 Å². The van der Waals surface area contributed by atoms with Crippen molar-refractivity contribution in [2.24, 2.45) is 0 Å². The Balaban J connectivity index is 2.07. The zero-order valence-electron chi connectivity index (χ0n) is 19.1. The second-order valence-corrected chi connectivity index (χ2v) is 8.13. The molecule has 1 amide bonds. The number of ether oxygens (including phenoxy) is 1. The van der Waals surface area contributed by atoms with Crippen molar-refractivity contribution in [3.63, 3.8) is 0 Å². The molecule has 2 aromatic carbocycles. The highest BCUT2D eigenvalue weighted by Gasteiger charge is 2.46. The molecule has 1 atom stereocenters. The zero-order chi connectivity index (χ0) is 24.8. The number of ketones is 1. The van der Waals surface area contributed by atoms with Crippen molar-refractivity contribution >= 4 is 23.1 Å². The Labute approximate surface area is 197 Å². The predicted molar refractivity (Wildman–Crippen MR) is 127 cm³/mol. The number of amides is 1. The maximum Gasteiger partial charge on any atom is 0.295 e. The molecule has 1 saturated heterocycles. The summed E-state index contributed by atoms with van der Waals surface area (Å²) < 4.78 is 5.45. The van der Waals surface area contributed by atoms with Gasteiger partial charge in [0.15, 0.2) is 0 Å². The Hall–Kier alpha value is -3.98. The summed E-state index contributed by atoms with van der Waals surface area (Å²) in [5, 5.41) is 22.4. The average molecular weight is 466 g/mol. The minimum Gasteiger partial charge on any atom is -0.507 e. The van der Waals surface area contributed by atoms with Gasteiger partial charge in [-0.1, -0.05) is 24.8 Å². The minimum atomic E-state index is -0.946. The second kappa shape index (κ2) is 10.8. The van der Waals surface area contributed by atoms with Crippen LogP contribution < -0.4 is 4.74 Å². The monoisotopic (exact) mass is 465 g/mol. The van der Waals surface area contributed by atoms with Gasteiger partial charge in [-0.2, -0.15) is 0 Å². The number of likely N-dealkylation sites (tertiary alicyclic amines) is 1. The van der Waals surface area contributed by atoms with E-state index in [1.54, 1.807) is 36.4 Å². The van der Waals surface area contributed by atoms with Crippen molar-refractivity contribution in [2.75, 3.05) is 33.8 Å². The summed E-state index contributed by atoms with van der Waals surface area (Å²) in [7, 11) is 3.79. The Morgan fingerprint density at radius 3 is 2.56 bits per heavy atom. The van der Waals surface area contributed by atoms with Gasteiger partial charge in [0, 0.05) is 24.2 Å². The molecule has 1 fully saturated rings. The number of nitro benzene ring substituents is 1. The second-order valence-electron chi connectivity index (χ2n) is 8.13. The van der Waals surface area contributed by atoms with Crippen LogP contribution in [0.4, 0.5) is 5.69 Å². The van der Waals surface area contributed by atoms with Crippen LogP contribution in [0.25, 0.3) is 5.76 Å². The molecule has 0 spiro atoms. The van der Waals surface area contributed by atoms with E-state index in [2.05, 4.69) is 6.58 Å². The first kappa shape index (κ1) is 24.7. The number of hydrogen-bond acceptors (Lipinski definition) is 7. The smallest absolute Gasteiger partial charge is 0.295 e. The van der Waals surface area contributed by atoms with Gasteiger partial charge in [0.2, 0.25) is 0 Å². The average Bonchev–Trinajstić information content (AvgIpc) is 3.07. The van der Waals surface area contributed by atoms with E-state index in [4.69, 9.17) is 4.74 Å². The van der Waals surface area contributed by atoms with E-state index in [0.29, 0.717) is 36.4 Å². The summed E-state index contributed by atoms with van der Waals surface area (Å²) in [5.74, 6) is -1.37. The normalized spacial score (nSPS) is 17.3. The number of aliphatic hydroxyl groups is 1. The lowest BCUT2D eigenvalue weighted by Crippen LogP contribution is -2.32. The van der Waals surface area contributed by atoms with Gasteiger partial charge in [-0.3, -0.25) is 19.7 Å². The molecule has 0 radical (unpaired) electrons. The van der Waals surface area contributed by atoms with Crippen LogP contribution in [0.3, 0.4) is 0 Å².